The summed E-state index contributed by atoms with van der Waals surface area (Å²) < 4.78 is 5.43. The maximum atomic E-state index is 12.1. The molecule has 6 nitrogen and oxygen atoms in total. The van der Waals surface area contributed by atoms with Crippen LogP contribution in [0, 0.1) is 5.92 Å². The number of nitrogens with one attached hydrogen (secondary N) is 1. The van der Waals surface area contributed by atoms with Crippen LogP contribution in [0.5, 0.6) is 0 Å². The summed E-state index contributed by atoms with van der Waals surface area (Å²) in [5.41, 5.74) is 6.13. The van der Waals surface area contributed by atoms with Crippen LogP contribution < -0.4 is 11.1 Å². The number of piperidine rings is 1. The minimum atomic E-state index is -0.440. The monoisotopic (exact) mass is 320 g/mol. The zero-order valence-corrected chi connectivity index (χ0v) is 14.5. The van der Waals surface area contributed by atoms with E-state index in [1.54, 1.807) is 17.2 Å². The summed E-state index contributed by atoms with van der Waals surface area (Å²) in [6.07, 6.45) is 3.48. The van der Waals surface area contributed by atoms with Gasteiger partial charge in [0.1, 0.15) is 11.4 Å². The lowest BCUT2D eigenvalue weighted by Crippen LogP contribution is -2.44. The van der Waals surface area contributed by atoms with Crippen molar-refractivity contribution in [1.29, 1.82) is 0 Å². The molecule has 0 spiro atoms. The number of hydrogen-bond acceptors (Lipinski definition) is 5. The van der Waals surface area contributed by atoms with Crippen molar-refractivity contribution in [3.05, 3.63) is 18.3 Å². The highest BCUT2D eigenvalue weighted by atomic mass is 16.6. The van der Waals surface area contributed by atoms with E-state index in [1.807, 2.05) is 26.8 Å². The number of nitrogens with two attached hydrogens (primary N) is 1. The van der Waals surface area contributed by atoms with Gasteiger partial charge in [-0.3, -0.25) is 0 Å². The van der Waals surface area contributed by atoms with Crippen LogP contribution in [0.2, 0.25) is 0 Å². The van der Waals surface area contributed by atoms with E-state index in [-0.39, 0.29) is 6.09 Å². The largest absolute Gasteiger partial charge is 0.444 e. The Balaban J connectivity index is 1.81. The standard InChI is InChI=1S/C17H28N4O2/c1-12(20-14-5-6-15(18)19-11-14)13-7-9-21(10-8-13)16(22)23-17(2,3)4/h5-6,11-13,20H,7-10H2,1-4H3,(H2,18,19). The van der Waals surface area contributed by atoms with Gasteiger partial charge in [0.25, 0.3) is 0 Å². The zero-order valence-electron chi connectivity index (χ0n) is 14.5. The molecule has 1 aromatic rings. The van der Waals surface area contributed by atoms with Crippen LogP contribution in [-0.2, 0) is 4.74 Å². The predicted molar refractivity (Wildman–Crippen MR) is 92.3 cm³/mol. The van der Waals surface area contributed by atoms with E-state index in [1.165, 1.54) is 0 Å². The topological polar surface area (TPSA) is 80.5 Å². The lowest BCUT2D eigenvalue weighted by atomic mass is 9.90. The summed E-state index contributed by atoms with van der Waals surface area (Å²) in [7, 11) is 0. The number of rotatable bonds is 3. The van der Waals surface area contributed by atoms with Gasteiger partial charge in [-0.25, -0.2) is 9.78 Å². The SMILES string of the molecule is CC(Nc1ccc(N)nc1)C1CCN(C(=O)OC(C)(C)C)CC1. The molecule has 1 aliphatic rings. The fourth-order valence-electron chi connectivity index (χ4n) is 2.78. The highest BCUT2D eigenvalue weighted by molar-refractivity contribution is 5.68. The fraction of sp³-hybridized carbons (Fsp3) is 0.647. The molecule has 3 N–H and O–H groups in total. The zero-order chi connectivity index (χ0) is 17.0. The molecule has 0 radical (unpaired) electrons. The number of anilines is 2. The molecule has 6 heteroatoms. The molecule has 1 unspecified atom stereocenters. The molecule has 0 aromatic carbocycles. The smallest absolute Gasteiger partial charge is 0.410 e. The van der Waals surface area contributed by atoms with Gasteiger partial charge in [0.05, 0.1) is 11.9 Å². The van der Waals surface area contributed by atoms with Crippen molar-refractivity contribution < 1.29 is 9.53 Å². The van der Waals surface area contributed by atoms with Gasteiger partial charge < -0.3 is 20.7 Å². The van der Waals surface area contributed by atoms with Gasteiger partial charge in [0.2, 0.25) is 0 Å². The molecule has 1 saturated heterocycles. The Morgan fingerprint density at radius 3 is 2.57 bits per heavy atom. The normalized spacial score (nSPS) is 17.7. The average Bonchev–Trinajstić information content (AvgIpc) is 2.48. The van der Waals surface area contributed by atoms with Gasteiger partial charge in [0, 0.05) is 19.1 Å². The molecule has 0 saturated carbocycles. The van der Waals surface area contributed by atoms with Crippen LogP contribution in [0.3, 0.4) is 0 Å². The lowest BCUT2D eigenvalue weighted by Gasteiger charge is -2.36. The van der Waals surface area contributed by atoms with E-state index in [9.17, 15) is 4.79 Å². The van der Waals surface area contributed by atoms with E-state index in [4.69, 9.17) is 10.5 Å². The molecule has 0 aliphatic carbocycles. The first-order valence-electron chi connectivity index (χ1n) is 8.20. The maximum absolute atomic E-state index is 12.1. The molecule has 2 rings (SSSR count). The first-order valence-corrected chi connectivity index (χ1v) is 8.20. The van der Waals surface area contributed by atoms with Crippen molar-refractivity contribution in [2.24, 2.45) is 5.92 Å². The molecule has 1 aromatic heterocycles. The van der Waals surface area contributed by atoms with Crippen LogP contribution in [0.15, 0.2) is 18.3 Å². The molecule has 2 heterocycles. The summed E-state index contributed by atoms with van der Waals surface area (Å²) in [6.45, 7) is 9.33. The summed E-state index contributed by atoms with van der Waals surface area (Å²) in [4.78, 5) is 18.0. The number of aromatic nitrogens is 1. The Morgan fingerprint density at radius 2 is 2.04 bits per heavy atom. The number of amides is 1. The Morgan fingerprint density at radius 1 is 1.39 bits per heavy atom. The van der Waals surface area contributed by atoms with Gasteiger partial charge >= 0.3 is 6.09 Å². The third-order valence-electron chi connectivity index (χ3n) is 4.08. The van der Waals surface area contributed by atoms with E-state index in [0.717, 1.165) is 31.6 Å². The van der Waals surface area contributed by atoms with Crippen molar-refractivity contribution in [3.63, 3.8) is 0 Å². The number of carbonyl (C=O) groups excluding carboxylic acids is 1. The van der Waals surface area contributed by atoms with Crippen molar-refractivity contribution in [1.82, 2.24) is 9.88 Å². The van der Waals surface area contributed by atoms with E-state index in [2.05, 4.69) is 17.2 Å². The Labute approximate surface area is 138 Å². The lowest BCUT2D eigenvalue weighted by molar-refractivity contribution is 0.0179. The van der Waals surface area contributed by atoms with Gasteiger partial charge in [-0.1, -0.05) is 0 Å². The number of pyridine rings is 1. The van der Waals surface area contributed by atoms with E-state index < -0.39 is 5.60 Å². The second kappa shape index (κ2) is 7.06. The number of nitrogen functional groups attached to an aromatic ring is 1. The molecule has 0 bridgehead atoms. The summed E-state index contributed by atoms with van der Waals surface area (Å²) in [5.74, 6) is 1.04. The number of likely N-dealkylation sites (tertiary alicyclic amines) is 1. The maximum Gasteiger partial charge on any atom is 0.410 e. The molecule has 1 atom stereocenters. The fourth-order valence-corrected chi connectivity index (χ4v) is 2.78. The van der Waals surface area contributed by atoms with Crippen molar-refractivity contribution in [2.75, 3.05) is 24.1 Å². The van der Waals surface area contributed by atoms with Crippen molar-refractivity contribution >= 4 is 17.6 Å². The minimum Gasteiger partial charge on any atom is -0.444 e. The predicted octanol–water partition coefficient (Wildman–Crippen LogP) is 3.11. The van der Waals surface area contributed by atoms with Crippen LogP contribution >= 0.6 is 0 Å². The first-order chi connectivity index (χ1) is 10.7. The Hall–Kier alpha value is -1.98. The molecule has 1 amide bonds. The number of nitrogens with zero attached hydrogens (tertiary/aromatic N) is 2. The molecule has 128 valence electrons. The molecular weight excluding hydrogens is 292 g/mol. The minimum absolute atomic E-state index is 0.209. The van der Waals surface area contributed by atoms with Crippen molar-refractivity contribution in [3.8, 4) is 0 Å². The molecule has 1 aliphatic heterocycles. The van der Waals surface area contributed by atoms with Crippen LogP contribution in [0.25, 0.3) is 0 Å². The highest BCUT2D eigenvalue weighted by Gasteiger charge is 2.29. The quantitative estimate of drug-likeness (QED) is 0.894. The first kappa shape index (κ1) is 17.4. The average molecular weight is 320 g/mol. The van der Waals surface area contributed by atoms with Gasteiger partial charge in [0.15, 0.2) is 0 Å². The molecular formula is C17H28N4O2. The van der Waals surface area contributed by atoms with Crippen LogP contribution in [0.1, 0.15) is 40.5 Å². The molecule has 1 fully saturated rings. The van der Waals surface area contributed by atoms with Crippen LogP contribution in [-0.4, -0.2) is 40.7 Å². The second-order valence-electron chi connectivity index (χ2n) is 7.21. The number of carbonyl (C=O) groups is 1. The van der Waals surface area contributed by atoms with Gasteiger partial charge in [-0.15, -0.1) is 0 Å². The summed E-state index contributed by atoms with van der Waals surface area (Å²) >= 11 is 0. The third kappa shape index (κ3) is 5.30. The van der Waals surface area contributed by atoms with E-state index in [0.29, 0.717) is 17.8 Å². The molecule has 23 heavy (non-hydrogen) atoms. The van der Waals surface area contributed by atoms with Gasteiger partial charge in [-0.2, -0.15) is 0 Å². The number of ether oxygens (including phenoxy) is 1. The summed E-state index contributed by atoms with van der Waals surface area (Å²) in [5, 5.41) is 3.47. The number of hydrogen-bond donors (Lipinski definition) is 2. The third-order valence-corrected chi connectivity index (χ3v) is 4.08. The van der Waals surface area contributed by atoms with E-state index >= 15 is 0 Å². The Bertz CT molecular complexity index is 516. The van der Waals surface area contributed by atoms with Gasteiger partial charge in [-0.05, 0) is 58.6 Å². The Kier molecular flexibility index (Phi) is 5.34. The highest BCUT2D eigenvalue weighted by Crippen LogP contribution is 2.24. The second-order valence-corrected chi connectivity index (χ2v) is 7.21. The van der Waals surface area contributed by atoms with Crippen LogP contribution in [0.4, 0.5) is 16.3 Å². The van der Waals surface area contributed by atoms with Crippen molar-refractivity contribution in [2.45, 2.75) is 52.2 Å². The summed E-state index contributed by atoms with van der Waals surface area (Å²) in [6, 6.07) is 4.05.